The Morgan fingerprint density at radius 3 is 2.36 bits per heavy atom. The summed E-state index contributed by atoms with van der Waals surface area (Å²) in [5, 5.41) is 13.1. The van der Waals surface area contributed by atoms with E-state index in [4.69, 9.17) is 21.1 Å². The second-order valence-electron chi connectivity index (χ2n) is 7.34. The molecule has 0 bridgehead atoms. The maximum atomic E-state index is 11.7. The number of carbonyl (C=O) groups is 3. The molecule has 0 radical (unpaired) electrons. The number of Topliss-reactive ketones (excluding diaryl/α,β-unsaturated/α-hetero) is 1. The fourth-order valence-corrected chi connectivity index (χ4v) is 3.39. The number of phenolic OH excluding ortho intramolecular Hbond substituents is 1. The number of halogens is 1. The first-order valence-corrected chi connectivity index (χ1v) is 10.9. The Bertz CT molecular complexity index is 1040. The van der Waals surface area contributed by atoms with Gasteiger partial charge in [0.25, 0.3) is 0 Å². The van der Waals surface area contributed by atoms with Crippen LogP contribution in [0.2, 0.25) is 5.02 Å². The number of hydrogen-bond acceptors (Lipinski definition) is 7. The quantitative estimate of drug-likeness (QED) is 0.225. The molecule has 0 saturated heterocycles. The van der Waals surface area contributed by atoms with E-state index >= 15 is 0 Å². The van der Waals surface area contributed by atoms with E-state index in [0.29, 0.717) is 43.1 Å². The van der Waals surface area contributed by atoms with E-state index in [0.717, 1.165) is 19.1 Å². The lowest BCUT2D eigenvalue weighted by atomic mass is 10.0. The third-order valence-electron chi connectivity index (χ3n) is 4.81. The summed E-state index contributed by atoms with van der Waals surface area (Å²) in [7, 11) is 1.11. The minimum Gasteiger partial charge on any atom is -0.507 e. The summed E-state index contributed by atoms with van der Waals surface area (Å²) in [5.74, 6) is -1.17. The van der Waals surface area contributed by atoms with E-state index in [1.165, 1.54) is 13.0 Å². The van der Waals surface area contributed by atoms with Crippen LogP contribution in [-0.2, 0) is 20.7 Å². The second kappa shape index (κ2) is 12.1. The van der Waals surface area contributed by atoms with E-state index in [2.05, 4.69) is 10.1 Å². The molecule has 0 aromatic heterocycles. The monoisotopic (exact) mass is 477 g/mol. The average Bonchev–Trinajstić information content (AvgIpc) is 2.77. The number of amides is 1. The SMILES string of the molecule is CCCc1c(OCCCOc2cc(NC(=O)C(=O)OC)c(Cl)cc2C)ccc(C(C)=O)c1O. The number of hydrogen-bond donors (Lipinski definition) is 2. The number of aromatic hydroxyl groups is 1. The van der Waals surface area contributed by atoms with Gasteiger partial charge in [-0.05, 0) is 44.0 Å². The molecule has 9 heteroatoms. The molecule has 2 aromatic rings. The van der Waals surface area contributed by atoms with Gasteiger partial charge in [0.05, 0.1) is 36.6 Å². The third kappa shape index (κ3) is 6.86. The number of esters is 1. The van der Waals surface area contributed by atoms with Crippen LogP contribution in [0.15, 0.2) is 24.3 Å². The van der Waals surface area contributed by atoms with Crippen LogP contribution in [-0.4, -0.2) is 43.1 Å². The van der Waals surface area contributed by atoms with Crippen molar-refractivity contribution in [2.75, 3.05) is 25.6 Å². The largest absolute Gasteiger partial charge is 0.507 e. The lowest BCUT2D eigenvalue weighted by molar-refractivity contribution is -0.150. The van der Waals surface area contributed by atoms with Crippen LogP contribution in [0.5, 0.6) is 17.2 Å². The molecule has 2 rings (SSSR count). The van der Waals surface area contributed by atoms with Crippen LogP contribution >= 0.6 is 11.6 Å². The predicted molar refractivity (Wildman–Crippen MR) is 125 cm³/mol. The zero-order valence-corrected chi connectivity index (χ0v) is 19.9. The first-order chi connectivity index (χ1) is 15.7. The zero-order chi connectivity index (χ0) is 24.5. The van der Waals surface area contributed by atoms with Crippen LogP contribution in [0, 0.1) is 6.92 Å². The molecule has 0 aliphatic carbocycles. The summed E-state index contributed by atoms with van der Waals surface area (Å²) in [5.41, 5.74) is 1.88. The highest BCUT2D eigenvalue weighted by atomic mass is 35.5. The van der Waals surface area contributed by atoms with Crippen molar-refractivity contribution in [1.29, 1.82) is 0 Å². The van der Waals surface area contributed by atoms with Crippen LogP contribution in [0.3, 0.4) is 0 Å². The van der Waals surface area contributed by atoms with Gasteiger partial charge in [-0.15, -0.1) is 0 Å². The molecule has 2 aromatic carbocycles. The average molecular weight is 478 g/mol. The molecule has 0 saturated carbocycles. The first kappa shape index (κ1) is 26.0. The van der Waals surface area contributed by atoms with Gasteiger partial charge in [0.1, 0.15) is 17.2 Å². The van der Waals surface area contributed by atoms with Crippen molar-refractivity contribution in [3.05, 3.63) is 46.0 Å². The number of methoxy groups -OCH3 is 1. The van der Waals surface area contributed by atoms with Crippen LogP contribution in [0.25, 0.3) is 0 Å². The summed E-state index contributed by atoms with van der Waals surface area (Å²) in [4.78, 5) is 34.7. The first-order valence-electron chi connectivity index (χ1n) is 10.5. The van der Waals surface area contributed by atoms with Crippen molar-refractivity contribution >= 4 is 34.9 Å². The second-order valence-corrected chi connectivity index (χ2v) is 7.75. The molecule has 178 valence electrons. The Balaban J connectivity index is 1.98. The summed E-state index contributed by atoms with van der Waals surface area (Å²) < 4.78 is 16.0. The number of rotatable bonds is 10. The number of aryl methyl sites for hydroxylation is 1. The topological polar surface area (TPSA) is 111 Å². The predicted octanol–water partition coefficient (Wildman–Crippen LogP) is 4.47. The van der Waals surface area contributed by atoms with Crippen molar-refractivity contribution in [3.63, 3.8) is 0 Å². The maximum Gasteiger partial charge on any atom is 0.396 e. The molecule has 8 nitrogen and oxygen atoms in total. The van der Waals surface area contributed by atoms with Crippen molar-refractivity contribution in [1.82, 2.24) is 0 Å². The fraction of sp³-hybridized carbons (Fsp3) is 0.375. The number of nitrogens with one attached hydrogen (secondary N) is 1. The molecular formula is C24H28ClNO7. The van der Waals surface area contributed by atoms with Gasteiger partial charge in [-0.2, -0.15) is 0 Å². The summed E-state index contributed by atoms with van der Waals surface area (Å²) in [6.45, 7) is 5.84. The lowest BCUT2D eigenvalue weighted by Crippen LogP contribution is -2.24. The number of carbonyl (C=O) groups excluding carboxylic acids is 3. The van der Waals surface area contributed by atoms with Crippen LogP contribution in [0.4, 0.5) is 5.69 Å². The summed E-state index contributed by atoms with van der Waals surface area (Å²) >= 11 is 6.14. The molecule has 0 aliphatic heterocycles. The zero-order valence-electron chi connectivity index (χ0n) is 19.1. The molecule has 2 N–H and O–H groups in total. The number of phenols is 1. The van der Waals surface area contributed by atoms with E-state index in [-0.39, 0.29) is 27.8 Å². The number of benzene rings is 2. The van der Waals surface area contributed by atoms with Gasteiger partial charge in [-0.25, -0.2) is 4.79 Å². The number of anilines is 1. The van der Waals surface area contributed by atoms with Gasteiger partial charge in [0.15, 0.2) is 5.78 Å². The van der Waals surface area contributed by atoms with E-state index in [1.807, 2.05) is 6.92 Å². The Morgan fingerprint density at radius 1 is 1.09 bits per heavy atom. The normalized spacial score (nSPS) is 10.5. The van der Waals surface area contributed by atoms with Gasteiger partial charge >= 0.3 is 11.9 Å². The molecule has 0 atom stereocenters. The Labute approximate surface area is 197 Å². The van der Waals surface area contributed by atoms with Crippen molar-refractivity contribution in [2.24, 2.45) is 0 Å². The molecule has 0 fully saturated rings. The highest BCUT2D eigenvalue weighted by Crippen LogP contribution is 2.33. The van der Waals surface area contributed by atoms with Crippen LogP contribution in [0.1, 0.15) is 48.2 Å². The number of ether oxygens (including phenoxy) is 3. The minimum absolute atomic E-state index is 0.0311. The summed E-state index contributed by atoms with van der Waals surface area (Å²) in [6.07, 6.45) is 1.91. The van der Waals surface area contributed by atoms with Gasteiger partial charge < -0.3 is 24.6 Å². The van der Waals surface area contributed by atoms with Gasteiger partial charge in [-0.1, -0.05) is 24.9 Å². The molecule has 1 amide bonds. The fourth-order valence-electron chi connectivity index (χ4n) is 3.12. The van der Waals surface area contributed by atoms with Crippen molar-refractivity contribution in [3.8, 4) is 17.2 Å². The Morgan fingerprint density at radius 2 is 1.76 bits per heavy atom. The van der Waals surface area contributed by atoms with Crippen LogP contribution < -0.4 is 14.8 Å². The van der Waals surface area contributed by atoms with E-state index in [9.17, 15) is 19.5 Å². The van der Waals surface area contributed by atoms with Gasteiger partial charge in [-0.3, -0.25) is 9.59 Å². The Kier molecular flexibility index (Phi) is 9.54. The Hall–Kier alpha value is -3.26. The lowest BCUT2D eigenvalue weighted by Gasteiger charge is -2.15. The molecule has 0 spiro atoms. The molecule has 0 heterocycles. The maximum absolute atomic E-state index is 11.7. The van der Waals surface area contributed by atoms with Crippen molar-refractivity contribution in [2.45, 2.75) is 40.0 Å². The number of ketones is 1. The minimum atomic E-state index is -1.03. The summed E-state index contributed by atoms with van der Waals surface area (Å²) in [6, 6.07) is 6.42. The van der Waals surface area contributed by atoms with Gasteiger partial charge in [0, 0.05) is 18.1 Å². The third-order valence-corrected chi connectivity index (χ3v) is 5.12. The standard InChI is InChI=1S/C24H28ClNO7/c1-5-7-17-20(9-8-16(15(3)27)22(17)28)32-10-6-11-33-21-13-19(18(25)12-14(21)2)26-23(29)24(30)31-4/h8-9,12-13,28H,5-7,10-11H2,1-4H3,(H,26,29). The van der Waals surface area contributed by atoms with E-state index < -0.39 is 11.9 Å². The molecule has 0 unspecified atom stereocenters. The highest BCUT2D eigenvalue weighted by Gasteiger charge is 2.17. The molecule has 33 heavy (non-hydrogen) atoms. The van der Waals surface area contributed by atoms with E-state index in [1.54, 1.807) is 25.1 Å². The smallest absolute Gasteiger partial charge is 0.396 e. The molecular weight excluding hydrogens is 450 g/mol. The molecule has 0 aliphatic rings. The van der Waals surface area contributed by atoms with Gasteiger partial charge in [0.2, 0.25) is 0 Å². The highest BCUT2D eigenvalue weighted by molar-refractivity contribution is 6.39. The van der Waals surface area contributed by atoms with Crippen molar-refractivity contribution < 1.29 is 33.7 Å².